The van der Waals surface area contributed by atoms with Crippen LogP contribution in [0.4, 0.5) is 5.82 Å². The molecule has 1 saturated heterocycles. The van der Waals surface area contributed by atoms with Crippen molar-refractivity contribution in [1.29, 1.82) is 0 Å². The van der Waals surface area contributed by atoms with Crippen molar-refractivity contribution in [3.63, 3.8) is 0 Å². The number of pyridine rings is 1. The Balaban J connectivity index is 2.29. The van der Waals surface area contributed by atoms with Crippen molar-refractivity contribution in [3.8, 4) is 0 Å². The van der Waals surface area contributed by atoms with E-state index in [0.717, 1.165) is 17.1 Å². The van der Waals surface area contributed by atoms with Gasteiger partial charge in [0.1, 0.15) is 5.82 Å². The number of rotatable bonds is 3. The van der Waals surface area contributed by atoms with E-state index in [4.69, 9.17) is 16.6 Å². The number of hydrogen-bond donors (Lipinski definition) is 0. The van der Waals surface area contributed by atoms with Gasteiger partial charge in [0.2, 0.25) is 0 Å². The normalized spacial score (nSPS) is 24.4. The second-order valence-electron chi connectivity index (χ2n) is 4.94. The van der Waals surface area contributed by atoms with Crippen molar-refractivity contribution in [2.75, 3.05) is 4.90 Å². The average Bonchev–Trinajstić information content (AvgIpc) is 2.70. The van der Waals surface area contributed by atoms with Crippen molar-refractivity contribution in [1.82, 2.24) is 4.98 Å². The van der Waals surface area contributed by atoms with Crippen molar-refractivity contribution in [2.24, 2.45) is 0 Å². The van der Waals surface area contributed by atoms with Crippen LogP contribution in [0, 0.1) is 6.92 Å². The van der Waals surface area contributed by atoms with Crippen LogP contribution in [0.5, 0.6) is 0 Å². The first-order valence-electron chi connectivity index (χ1n) is 6.48. The second-order valence-corrected chi connectivity index (χ2v) is 5.21. The molecule has 3 heteroatoms. The van der Waals surface area contributed by atoms with Gasteiger partial charge in [0, 0.05) is 23.7 Å². The summed E-state index contributed by atoms with van der Waals surface area (Å²) >= 11 is 5.88. The van der Waals surface area contributed by atoms with E-state index < -0.39 is 0 Å². The van der Waals surface area contributed by atoms with Crippen LogP contribution in [-0.2, 0) is 5.88 Å². The monoisotopic (exact) mass is 252 g/mol. The smallest absolute Gasteiger partial charge is 0.129 e. The Kier molecular flexibility index (Phi) is 3.93. The third-order valence-electron chi connectivity index (χ3n) is 3.85. The fourth-order valence-electron chi connectivity index (χ4n) is 2.75. The van der Waals surface area contributed by atoms with Crippen molar-refractivity contribution >= 4 is 17.4 Å². The number of anilines is 1. The van der Waals surface area contributed by atoms with Crippen LogP contribution in [0.2, 0.25) is 0 Å². The predicted molar refractivity (Wildman–Crippen MR) is 73.8 cm³/mol. The molecule has 2 heterocycles. The maximum absolute atomic E-state index is 5.88. The molecule has 0 amide bonds. The molecule has 2 unspecified atom stereocenters. The lowest BCUT2D eigenvalue weighted by Gasteiger charge is -2.29. The van der Waals surface area contributed by atoms with Gasteiger partial charge in [-0.25, -0.2) is 4.98 Å². The van der Waals surface area contributed by atoms with Gasteiger partial charge in [0.15, 0.2) is 0 Å². The molecule has 0 aromatic carbocycles. The topological polar surface area (TPSA) is 16.1 Å². The minimum absolute atomic E-state index is 0.547. The summed E-state index contributed by atoms with van der Waals surface area (Å²) < 4.78 is 0. The van der Waals surface area contributed by atoms with E-state index in [9.17, 15) is 0 Å². The van der Waals surface area contributed by atoms with Crippen LogP contribution in [-0.4, -0.2) is 17.1 Å². The molecule has 2 nitrogen and oxygen atoms in total. The molecule has 2 atom stereocenters. The number of hydrogen-bond acceptors (Lipinski definition) is 2. The summed E-state index contributed by atoms with van der Waals surface area (Å²) in [5, 5.41) is 0. The fourth-order valence-corrected chi connectivity index (χ4v) is 3.03. The number of nitrogens with zero attached hydrogens (tertiary/aromatic N) is 2. The van der Waals surface area contributed by atoms with Gasteiger partial charge in [-0.3, -0.25) is 0 Å². The third-order valence-corrected chi connectivity index (χ3v) is 4.13. The van der Waals surface area contributed by atoms with Crippen molar-refractivity contribution < 1.29 is 0 Å². The minimum atomic E-state index is 0.547. The third kappa shape index (κ3) is 2.42. The van der Waals surface area contributed by atoms with E-state index in [2.05, 4.69) is 30.9 Å². The summed E-state index contributed by atoms with van der Waals surface area (Å²) in [7, 11) is 0. The molecule has 2 rings (SSSR count). The zero-order valence-corrected chi connectivity index (χ0v) is 11.7. The Morgan fingerprint density at radius 1 is 1.41 bits per heavy atom. The number of aromatic nitrogens is 1. The molecule has 0 N–H and O–H groups in total. The Bertz CT molecular complexity index is 392. The molecule has 0 radical (unpaired) electrons. The molecule has 1 fully saturated rings. The van der Waals surface area contributed by atoms with Gasteiger partial charge < -0.3 is 4.90 Å². The van der Waals surface area contributed by atoms with E-state index in [1.54, 1.807) is 0 Å². The maximum Gasteiger partial charge on any atom is 0.129 e. The molecule has 0 bridgehead atoms. The standard InChI is InChI=1S/C14H21ClN2/c1-4-13-7-5-10(2)17(13)14-8-6-12(9-15)11(3)16-14/h6,8,10,13H,4-5,7,9H2,1-3H3. The van der Waals surface area contributed by atoms with Gasteiger partial charge in [-0.05, 0) is 44.7 Å². The molecule has 1 aromatic rings. The molecule has 1 aromatic heterocycles. The van der Waals surface area contributed by atoms with Crippen LogP contribution in [0.3, 0.4) is 0 Å². The second kappa shape index (κ2) is 5.26. The number of aryl methyl sites for hydroxylation is 1. The molecule has 0 aliphatic carbocycles. The number of alkyl halides is 1. The average molecular weight is 253 g/mol. The summed E-state index contributed by atoms with van der Waals surface area (Å²) in [5.41, 5.74) is 2.20. The van der Waals surface area contributed by atoms with Crippen molar-refractivity contribution in [3.05, 3.63) is 23.4 Å². The summed E-state index contributed by atoms with van der Waals surface area (Å²) in [6.45, 7) is 6.60. The Morgan fingerprint density at radius 2 is 2.18 bits per heavy atom. The lowest BCUT2D eigenvalue weighted by molar-refractivity contribution is 0.620. The molecule has 17 heavy (non-hydrogen) atoms. The quantitative estimate of drug-likeness (QED) is 0.759. The van der Waals surface area contributed by atoms with Gasteiger partial charge >= 0.3 is 0 Å². The van der Waals surface area contributed by atoms with Crippen LogP contribution >= 0.6 is 11.6 Å². The molecular weight excluding hydrogens is 232 g/mol. The van der Waals surface area contributed by atoms with E-state index in [1.807, 2.05) is 6.92 Å². The predicted octanol–water partition coefficient (Wildman–Crippen LogP) is 3.90. The lowest BCUT2D eigenvalue weighted by atomic mass is 10.1. The van der Waals surface area contributed by atoms with E-state index in [1.165, 1.54) is 19.3 Å². The molecule has 94 valence electrons. The van der Waals surface area contributed by atoms with E-state index in [0.29, 0.717) is 18.0 Å². The molecule has 1 aliphatic rings. The minimum Gasteiger partial charge on any atom is -0.351 e. The Morgan fingerprint density at radius 3 is 2.76 bits per heavy atom. The van der Waals surface area contributed by atoms with Crippen LogP contribution < -0.4 is 4.90 Å². The lowest BCUT2D eigenvalue weighted by Crippen LogP contribution is -2.34. The zero-order valence-electron chi connectivity index (χ0n) is 10.9. The molecular formula is C14H21ClN2. The maximum atomic E-state index is 5.88. The molecule has 0 spiro atoms. The summed E-state index contributed by atoms with van der Waals surface area (Å²) in [6, 6.07) is 5.49. The van der Waals surface area contributed by atoms with E-state index in [-0.39, 0.29) is 0 Å². The van der Waals surface area contributed by atoms with Crippen LogP contribution in [0.1, 0.15) is 44.4 Å². The Hall–Kier alpha value is -0.760. The highest BCUT2D eigenvalue weighted by Crippen LogP contribution is 2.31. The van der Waals surface area contributed by atoms with Gasteiger partial charge in [-0.15, -0.1) is 11.6 Å². The highest BCUT2D eigenvalue weighted by Gasteiger charge is 2.30. The van der Waals surface area contributed by atoms with E-state index >= 15 is 0 Å². The highest BCUT2D eigenvalue weighted by atomic mass is 35.5. The van der Waals surface area contributed by atoms with Crippen molar-refractivity contribution in [2.45, 2.75) is 58.0 Å². The zero-order chi connectivity index (χ0) is 12.4. The van der Waals surface area contributed by atoms with Gasteiger partial charge in [-0.1, -0.05) is 13.0 Å². The molecule has 1 aliphatic heterocycles. The number of halogens is 1. The summed E-state index contributed by atoms with van der Waals surface area (Å²) in [5.74, 6) is 1.67. The SMILES string of the molecule is CCC1CCC(C)N1c1ccc(CCl)c(C)n1. The highest BCUT2D eigenvalue weighted by molar-refractivity contribution is 6.17. The first-order chi connectivity index (χ1) is 8.17. The van der Waals surface area contributed by atoms with Gasteiger partial charge in [0.25, 0.3) is 0 Å². The summed E-state index contributed by atoms with van der Waals surface area (Å²) in [4.78, 5) is 7.19. The fraction of sp³-hybridized carbons (Fsp3) is 0.643. The van der Waals surface area contributed by atoms with Crippen LogP contribution in [0.25, 0.3) is 0 Å². The summed E-state index contributed by atoms with van der Waals surface area (Å²) in [6.07, 6.45) is 3.76. The first-order valence-corrected chi connectivity index (χ1v) is 7.01. The van der Waals surface area contributed by atoms with Gasteiger partial charge in [-0.2, -0.15) is 0 Å². The molecule has 0 saturated carbocycles. The van der Waals surface area contributed by atoms with Gasteiger partial charge in [0.05, 0.1) is 0 Å². The Labute approximate surface area is 109 Å². The van der Waals surface area contributed by atoms with Crippen LogP contribution in [0.15, 0.2) is 12.1 Å². The largest absolute Gasteiger partial charge is 0.351 e. The first kappa shape index (κ1) is 12.7.